The highest BCUT2D eigenvalue weighted by Gasteiger charge is 2.43. The van der Waals surface area contributed by atoms with Crippen LogP contribution in [0.25, 0.3) is 0 Å². The van der Waals surface area contributed by atoms with Crippen LogP contribution in [0.1, 0.15) is 6.92 Å². The van der Waals surface area contributed by atoms with Gasteiger partial charge >= 0.3 is 5.97 Å². The highest BCUT2D eigenvalue weighted by Crippen LogP contribution is 2.18. The van der Waals surface area contributed by atoms with E-state index in [1.54, 1.807) is 0 Å². The van der Waals surface area contributed by atoms with Crippen molar-refractivity contribution in [1.82, 2.24) is 0 Å². The Kier molecular flexibility index (Phi) is 3.54. The van der Waals surface area contributed by atoms with Crippen LogP contribution in [-0.4, -0.2) is 36.3 Å². The summed E-state index contributed by atoms with van der Waals surface area (Å²) in [6.45, 7) is 0.777. The van der Waals surface area contributed by atoms with Gasteiger partial charge in [0.05, 0.1) is 7.11 Å². The number of hydrogen-bond donors (Lipinski definition) is 2. The second-order valence-electron chi connectivity index (χ2n) is 2.53. The molecule has 72 valence electrons. The van der Waals surface area contributed by atoms with Crippen molar-refractivity contribution in [2.75, 3.05) is 7.11 Å². The Labute approximate surface area is 68.3 Å². The number of carbonyl (C=O) groups excluding carboxylic acids is 1. The molecule has 0 spiro atoms. The van der Waals surface area contributed by atoms with Crippen molar-refractivity contribution >= 4 is 5.97 Å². The number of esters is 1. The lowest BCUT2D eigenvalue weighted by atomic mass is 9.98. The van der Waals surface area contributed by atoms with E-state index in [0.29, 0.717) is 0 Å². The first kappa shape index (κ1) is 11.2. The first-order valence-electron chi connectivity index (χ1n) is 3.18. The Hall–Kier alpha value is -0.750. The fraction of sp³-hybridized carbons (Fsp3) is 0.833. The van der Waals surface area contributed by atoms with Crippen LogP contribution in [0.5, 0.6) is 0 Å². The molecule has 2 atom stereocenters. The van der Waals surface area contributed by atoms with Crippen LogP contribution in [0, 0.1) is 0 Å². The van der Waals surface area contributed by atoms with Gasteiger partial charge in [-0.05, 0) is 6.92 Å². The summed E-state index contributed by atoms with van der Waals surface area (Å²) in [5.74, 6) is -1.07. The van der Waals surface area contributed by atoms with Crippen LogP contribution in [0.3, 0.4) is 0 Å². The van der Waals surface area contributed by atoms with Crippen LogP contribution < -0.4 is 5.73 Å². The molecule has 0 aromatic heterocycles. The number of ether oxygens (including phenoxy) is 1. The molecule has 3 N–H and O–H groups in total. The first-order valence-corrected chi connectivity index (χ1v) is 3.18. The zero-order chi connectivity index (χ0) is 9.94. The number of methoxy groups -OCH3 is 1. The van der Waals surface area contributed by atoms with E-state index in [-0.39, 0.29) is 0 Å². The summed E-state index contributed by atoms with van der Waals surface area (Å²) in [6, 6.07) is -1.73. The number of rotatable bonds is 3. The second-order valence-corrected chi connectivity index (χ2v) is 2.53. The van der Waals surface area contributed by atoms with Gasteiger partial charge in [-0.15, -0.1) is 0 Å². The van der Waals surface area contributed by atoms with Gasteiger partial charge in [0, 0.05) is 0 Å². The van der Waals surface area contributed by atoms with E-state index >= 15 is 0 Å². The average Bonchev–Trinajstić information content (AvgIpc) is 2.01. The molecule has 0 aliphatic carbocycles. The van der Waals surface area contributed by atoms with Gasteiger partial charge in [-0.25, -0.2) is 8.78 Å². The van der Waals surface area contributed by atoms with Crippen molar-refractivity contribution in [3.05, 3.63) is 0 Å². The van der Waals surface area contributed by atoms with Gasteiger partial charge in [0.2, 0.25) is 0 Å². The Morgan fingerprint density at radius 1 is 1.67 bits per heavy atom. The minimum absolute atomic E-state index is 0.777. The van der Waals surface area contributed by atoms with Gasteiger partial charge < -0.3 is 15.6 Å². The van der Waals surface area contributed by atoms with E-state index in [1.165, 1.54) is 0 Å². The van der Waals surface area contributed by atoms with Gasteiger partial charge in [0.25, 0.3) is 6.43 Å². The van der Waals surface area contributed by atoms with E-state index in [1.807, 2.05) is 0 Å². The minimum Gasteiger partial charge on any atom is -0.468 e. The number of carbonyl (C=O) groups is 1. The Bertz CT molecular complexity index is 172. The monoisotopic (exact) mass is 183 g/mol. The number of halogens is 2. The van der Waals surface area contributed by atoms with Crippen molar-refractivity contribution in [2.45, 2.75) is 25.0 Å². The maximum absolute atomic E-state index is 12.0. The lowest BCUT2D eigenvalue weighted by Crippen LogP contribution is -2.55. The largest absolute Gasteiger partial charge is 0.468 e. The third-order valence-electron chi connectivity index (χ3n) is 1.53. The zero-order valence-electron chi connectivity index (χ0n) is 6.75. The SMILES string of the molecule is COC(=O)[C@@H](N)C(C)(O)C(F)F. The molecule has 0 aliphatic rings. The number of nitrogens with two attached hydrogens (primary N) is 1. The maximum Gasteiger partial charge on any atom is 0.325 e. The molecule has 12 heavy (non-hydrogen) atoms. The molecule has 6 heteroatoms. The molecule has 0 aromatic carbocycles. The van der Waals surface area contributed by atoms with Crippen molar-refractivity contribution in [3.63, 3.8) is 0 Å². The second kappa shape index (κ2) is 3.77. The summed E-state index contributed by atoms with van der Waals surface area (Å²) in [4.78, 5) is 10.6. The van der Waals surface area contributed by atoms with Crippen molar-refractivity contribution in [1.29, 1.82) is 0 Å². The first-order chi connectivity index (χ1) is 5.34. The Morgan fingerprint density at radius 3 is 2.33 bits per heavy atom. The summed E-state index contributed by atoms with van der Waals surface area (Å²) < 4.78 is 28.1. The van der Waals surface area contributed by atoms with Gasteiger partial charge in [0.15, 0.2) is 0 Å². The summed E-state index contributed by atoms with van der Waals surface area (Å²) in [5.41, 5.74) is 2.45. The molecule has 0 fully saturated rings. The van der Waals surface area contributed by atoms with E-state index in [0.717, 1.165) is 14.0 Å². The molecule has 0 amide bonds. The molecule has 0 aliphatic heterocycles. The van der Waals surface area contributed by atoms with Crippen molar-refractivity contribution in [2.24, 2.45) is 5.73 Å². The predicted octanol–water partition coefficient (Wildman–Crippen LogP) is -0.497. The molecule has 0 aromatic rings. The summed E-state index contributed by atoms with van der Waals surface area (Å²) >= 11 is 0. The smallest absolute Gasteiger partial charge is 0.325 e. The zero-order valence-corrected chi connectivity index (χ0v) is 6.75. The summed E-state index contributed by atoms with van der Waals surface area (Å²) in [6.07, 6.45) is -3.09. The highest BCUT2D eigenvalue weighted by atomic mass is 19.3. The molecular weight excluding hydrogens is 172 g/mol. The van der Waals surface area contributed by atoms with Crippen molar-refractivity contribution < 1.29 is 23.4 Å². The summed E-state index contributed by atoms with van der Waals surface area (Å²) in [5, 5.41) is 8.99. The maximum atomic E-state index is 12.0. The topological polar surface area (TPSA) is 72.5 Å². The molecule has 0 radical (unpaired) electrons. The lowest BCUT2D eigenvalue weighted by Gasteiger charge is -2.26. The number of alkyl halides is 2. The molecule has 0 bridgehead atoms. The van der Waals surface area contributed by atoms with E-state index < -0.39 is 24.0 Å². The molecule has 1 unspecified atom stereocenters. The van der Waals surface area contributed by atoms with Gasteiger partial charge in [-0.3, -0.25) is 4.79 Å². The number of aliphatic hydroxyl groups is 1. The molecule has 0 rings (SSSR count). The van der Waals surface area contributed by atoms with Gasteiger partial charge in [0.1, 0.15) is 11.6 Å². The highest BCUT2D eigenvalue weighted by molar-refractivity contribution is 5.76. The predicted molar refractivity (Wildman–Crippen MR) is 36.6 cm³/mol. The van der Waals surface area contributed by atoms with E-state index in [4.69, 9.17) is 10.8 Å². The fourth-order valence-corrected chi connectivity index (χ4v) is 0.501. The standard InChI is InChI=1S/C6H11F2NO3/c1-6(11,5(7)8)3(9)4(10)12-2/h3,5,11H,9H2,1-2H3/t3-,6?/m1/s1. The quantitative estimate of drug-likeness (QED) is 0.579. The lowest BCUT2D eigenvalue weighted by molar-refractivity contribution is -0.158. The van der Waals surface area contributed by atoms with Crippen LogP contribution in [0.2, 0.25) is 0 Å². The van der Waals surface area contributed by atoms with Crippen LogP contribution >= 0.6 is 0 Å². The van der Waals surface area contributed by atoms with Gasteiger partial charge in [-0.2, -0.15) is 0 Å². The molecular formula is C6H11F2NO3. The Morgan fingerprint density at radius 2 is 2.08 bits per heavy atom. The molecule has 0 saturated carbocycles. The third kappa shape index (κ3) is 2.12. The van der Waals surface area contributed by atoms with Crippen molar-refractivity contribution in [3.8, 4) is 0 Å². The van der Waals surface area contributed by atoms with Crippen LogP contribution in [0.15, 0.2) is 0 Å². The number of hydrogen-bond acceptors (Lipinski definition) is 4. The molecule has 0 saturated heterocycles. The normalized spacial score (nSPS) is 18.6. The van der Waals surface area contributed by atoms with Gasteiger partial charge in [-0.1, -0.05) is 0 Å². The minimum atomic E-state index is -3.09. The van der Waals surface area contributed by atoms with Crippen LogP contribution in [0.4, 0.5) is 8.78 Å². The Balaban J connectivity index is 4.45. The van der Waals surface area contributed by atoms with Crippen LogP contribution in [-0.2, 0) is 9.53 Å². The average molecular weight is 183 g/mol. The summed E-state index contributed by atoms with van der Waals surface area (Å²) in [7, 11) is 1.00. The third-order valence-corrected chi connectivity index (χ3v) is 1.53. The van der Waals surface area contributed by atoms with E-state index in [9.17, 15) is 13.6 Å². The van der Waals surface area contributed by atoms with E-state index in [2.05, 4.69) is 4.74 Å². The molecule has 0 heterocycles. The fourth-order valence-electron chi connectivity index (χ4n) is 0.501. The molecule has 4 nitrogen and oxygen atoms in total.